The zero-order valence-electron chi connectivity index (χ0n) is 10.1. The van der Waals surface area contributed by atoms with Crippen LogP contribution in [0.15, 0.2) is 41.5 Å². The SMILES string of the molecule is C/C=C(C)\C=C(\C)Cc1cc(O)ccc1N. The van der Waals surface area contributed by atoms with Gasteiger partial charge in [0, 0.05) is 5.69 Å². The molecule has 0 bridgehead atoms. The number of benzene rings is 1. The van der Waals surface area contributed by atoms with Crippen molar-refractivity contribution in [3.63, 3.8) is 0 Å². The van der Waals surface area contributed by atoms with E-state index in [0.29, 0.717) is 0 Å². The fourth-order valence-corrected chi connectivity index (χ4v) is 1.57. The highest BCUT2D eigenvalue weighted by molar-refractivity contribution is 5.51. The molecule has 0 fully saturated rings. The second kappa shape index (κ2) is 5.40. The molecule has 0 aliphatic carbocycles. The maximum atomic E-state index is 9.39. The van der Waals surface area contributed by atoms with Gasteiger partial charge in [0.25, 0.3) is 0 Å². The highest BCUT2D eigenvalue weighted by Gasteiger charge is 2.01. The molecule has 0 heterocycles. The smallest absolute Gasteiger partial charge is 0.116 e. The van der Waals surface area contributed by atoms with Crippen molar-refractivity contribution in [2.75, 3.05) is 5.73 Å². The van der Waals surface area contributed by atoms with Gasteiger partial charge in [-0.15, -0.1) is 0 Å². The van der Waals surface area contributed by atoms with E-state index in [0.717, 1.165) is 17.7 Å². The fourth-order valence-electron chi connectivity index (χ4n) is 1.57. The summed E-state index contributed by atoms with van der Waals surface area (Å²) in [7, 11) is 0. The maximum absolute atomic E-state index is 9.39. The second-order valence-corrected chi connectivity index (χ2v) is 4.08. The van der Waals surface area contributed by atoms with Crippen LogP contribution < -0.4 is 5.73 Å². The van der Waals surface area contributed by atoms with Crippen LogP contribution in [0.25, 0.3) is 0 Å². The predicted molar refractivity (Wildman–Crippen MR) is 69.4 cm³/mol. The molecule has 16 heavy (non-hydrogen) atoms. The predicted octanol–water partition coefficient (Wildman–Crippen LogP) is 3.43. The van der Waals surface area contributed by atoms with E-state index in [1.54, 1.807) is 18.2 Å². The molecule has 0 aromatic heterocycles. The molecule has 0 aliphatic rings. The fraction of sp³-hybridized carbons (Fsp3) is 0.286. The first kappa shape index (κ1) is 12.4. The summed E-state index contributed by atoms with van der Waals surface area (Å²) in [6.45, 7) is 6.15. The van der Waals surface area contributed by atoms with Gasteiger partial charge in [-0.1, -0.05) is 23.3 Å². The molecule has 1 rings (SSSR count). The Kier molecular flexibility index (Phi) is 4.18. The Labute approximate surface area is 97.1 Å². The van der Waals surface area contributed by atoms with Crippen LogP contribution in [0.4, 0.5) is 5.69 Å². The van der Waals surface area contributed by atoms with Gasteiger partial charge in [-0.2, -0.15) is 0 Å². The lowest BCUT2D eigenvalue weighted by Crippen LogP contribution is -1.95. The molecule has 0 radical (unpaired) electrons. The molecule has 3 N–H and O–H groups in total. The number of allylic oxidation sites excluding steroid dienone is 4. The molecule has 0 unspecified atom stereocenters. The van der Waals surface area contributed by atoms with Crippen molar-refractivity contribution in [1.82, 2.24) is 0 Å². The van der Waals surface area contributed by atoms with Crippen molar-refractivity contribution in [2.45, 2.75) is 27.2 Å². The summed E-state index contributed by atoms with van der Waals surface area (Å²) in [6.07, 6.45) is 4.96. The summed E-state index contributed by atoms with van der Waals surface area (Å²) in [5.41, 5.74) is 10.0. The third kappa shape index (κ3) is 3.46. The van der Waals surface area contributed by atoms with E-state index >= 15 is 0 Å². The molecule has 1 aromatic rings. The number of phenols is 1. The van der Waals surface area contributed by atoms with E-state index in [9.17, 15) is 5.11 Å². The summed E-state index contributed by atoms with van der Waals surface area (Å²) >= 11 is 0. The number of anilines is 1. The Balaban J connectivity index is 2.88. The molecule has 0 amide bonds. The summed E-state index contributed by atoms with van der Waals surface area (Å²) < 4.78 is 0. The summed E-state index contributed by atoms with van der Waals surface area (Å²) in [5, 5.41) is 9.39. The van der Waals surface area contributed by atoms with E-state index in [2.05, 4.69) is 26.0 Å². The third-order valence-electron chi connectivity index (χ3n) is 2.53. The van der Waals surface area contributed by atoms with Gasteiger partial charge in [0.05, 0.1) is 0 Å². The molecular formula is C14H19NO. The van der Waals surface area contributed by atoms with Gasteiger partial charge in [-0.05, 0) is 51.0 Å². The van der Waals surface area contributed by atoms with Crippen LogP contribution in [0.1, 0.15) is 26.3 Å². The first-order valence-corrected chi connectivity index (χ1v) is 5.40. The Hall–Kier alpha value is -1.70. The average Bonchev–Trinajstić information content (AvgIpc) is 2.23. The van der Waals surface area contributed by atoms with Crippen LogP contribution >= 0.6 is 0 Å². The normalized spacial score (nSPS) is 12.9. The summed E-state index contributed by atoms with van der Waals surface area (Å²) in [4.78, 5) is 0. The molecule has 2 heteroatoms. The van der Waals surface area contributed by atoms with E-state index in [1.807, 2.05) is 6.92 Å². The minimum Gasteiger partial charge on any atom is -0.508 e. The van der Waals surface area contributed by atoms with Gasteiger partial charge in [0.1, 0.15) is 5.75 Å². The number of hydrogen-bond acceptors (Lipinski definition) is 2. The van der Waals surface area contributed by atoms with Crippen LogP contribution in [-0.4, -0.2) is 5.11 Å². The number of phenolic OH excluding ortho intramolecular Hbond substituents is 1. The van der Waals surface area contributed by atoms with E-state index < -0.39 is 0 Å². The highest BCUT2D eigenvalue weighted by atomic mass is 16.3. The van der Waals surface area contributed by atoms with Crippen molar-refractivity contribution in [1.29, 1.82) is 0 Å². The Bertz CT molecular complexity index is 430. The van der Waals surface area contributed by atoms with Crippen molar-refractivity contribution in [3.8, 4) is 5.75 Å². The molecule has 0 spiro atoms. The number of nitrogen functional groups attached to an aromatic ring is 1. The van der Waals surface area contributed by atoms with E-state index in [-0.39, 0.29) is 5.75 Å². The quantitative estimate of drug-likeness (QED) is 0.463. The molecule has 1 aromatic carbocycles. The molecule has 0 saturated carbocycles. The van der Waals surface area contributed by atoms with Crippen LogP contribution in [0, 0.1) is 0 Å². The lowest BCUT2D eigenvalue weighted by Gasteiger charge is -2.07. The van der Waals surface area contributed by atoms with E-state index in [1.165, 1.54) is 11.1 Å². The van der Waals surface area contributed by atoms with Gasteiger partial charge in [0.2, 0.25) is 0 Å². The van der Waals surface area contributed by atoms with Crippen molar-refractivity contribution in [2.24, 2.45) is 0 Å². The van der Waals surface area contributed by atoms with Gasteiger partial charge in [0.15, 0.2) is 0 Å². The Morgan fingerprint density at radius 3 is 2.69 bits per heavy atom. The van der Waals surface area contributed by atoms with Gasteiger partial charge in [-0.25, -0.2) is 0 Å². The molecule has 86 valence electrons. The third-order valence-corrected chi connectivity index (χ3v) is 2.53. The van der Waals surface area contributed by atoms with Gasteiger partial charge < -0.3 is 10.8 Å². The van der Waals surface area contributed by atoms with Crippen LogP contribution in [0.2, 0.25) is 0 Å². The standard InChI is InChI=1S/C14H19NO/c1-4-10(2)7-11(3)8-12-9-13(16)5-6-14(12)15/h4-7,9,16H,8,15H2,1-3H3/b10-4-,11-7-. The molecule has 0 aliphatic heterocycles. The largest absolute Gasteiger partial charge is 0.508 e. The summed E-state index contributed by atoms with van der Waals surface area (Å²) in [6, 6.07) is 5.06. The average molecular weight is 217 g/mol. The van der Waals surface area contributed by atoms with Gasteiger partial charge in [-0.3, -0.25) is 0 Å². The second-order valence-electron chi connectivity index (χ2n) is 4.08. The zero-order chi connectivity index (χ0) is 12.1. The van der Waals surface area contributed by atoms with Crippen LogP contribution in [0.5, 0.6) is 5.75 Å². The topological polar surface area (TPSA) is 46.2 Å². The first-order valence-electron chi connectivity index (χ1n) is 5.40. The maximum Gasteiger partial charge on any atom is 0.116 e. The minimum atomic E-state index is 0.264. The van der Waals surface area contributed by atoms with Crippen molar-refractivity contribution in [3.05, 3.63) is 47.1 Å². The number of aromatic hydroxyl groups is 1. The van der Waals surface area contributed by atoms with Gasteiger partial charge >= 0.3 is 0 Å². The van der Waals surface area contributed by atoms with Crippen molar-refractivity contribution < 1.29 is 5.11 Å². The van der Waals surface area contributed by atoms with Crippen molar-refractivity contribution >= 4 is 5.69 Å². The molecular weight excluding hydrogens is 198 g/mol. The highest BCUT2D eigenvalue weighted by Crippen LogP contribution is 2.21. The molecule has 2 nitrogen and oxygen atoms in total. The molecule has 0 atom stereocenters. The summed E-state index contributed by atoms with van der Waals surface area (Å²) in [5.74, 6) is 0.264. The van der Waals surface area contributed by atoms with Crippen LogP contribution in [0.3, 0.4) is 0 Å². The number of nitrogens with two attached hydrogens (primary N) is 1. The monoisotopic (exact) mass is 217 g/mol. The van der Waals surface area contributed by atoms with Crippen LogP contribution in [-0.2, 0) is 6.42 Å². The lowest BCUT2D eigenvalue weighted by atomic mass is 10.0. The Morgan fingerprint density at radius 2 is 2.06 bits per heavy atom. The minimum absolute atomic E-state index is 0.264. The number of rotatable bonds is 3. The number of hydrogen-bond donors (Lipinski definition) is 2. The molecule has 0 saturated heterocycles. The van der Waals surface area contributed by atoms with E-state index in [4.69, 9.17) is 5.73 Å². The Morgan fingerprint density at radius 1 is 1.38 bits per heavy atom. The lowest BCUT2D eigenvalue weighted by molar-refractivity contribution is 0.475. The first-order chi connectivity index (χ1) is 7.52. The zero-order valence-corrected chi connectivity index (χ0v) is 10.1.